The van der Waals surface area contributed by atoms with Crippen LogP contribution in [0.25, 0.3) is 0 Å². The third-order valence-corrected chi connectivity index (χ3v) is 2.43. The second-order valence-corrected chi connectivity index (χ2v) is 4.56. The second kappa shape index (κ2) is 6.84. The lowest BCUT2D eigenvalue weighted by molar-refractivity contribution is 0.0600. The minimum absolute atomic E-state index is 0.148. The molecular formula is C13H16N2O3S. The van der Waals surface area contributed by atoms with Crippen molar-refractivity contribution >= 4 is 29.2 Å². The van der Waals surface area contributed by atoms with Crippen LogP contribution >= 0.6 is 12.2 Å². The molecule has 0 saturated heterocycles. The SMILES string of the molecule is COC(=O)c1ccc(C(=O)NC(=S)NC(C)C)cc1. The Balaban J connectivity index is 2.68. The summed E-state index contributed by atoms with van der Waals surface area (Å²) in [5.41, 5.74) is 0.808. The van der Waals surface area contributed by atoms with Crippen LogP contribution in [0, 0.1) is 0 Å². The average molecular weight is 280 g/mol. The summed E-state index contributed by atoms with van der Waals surface area (Å²) in [5, 5.41) is 5.74. The second-order valence-electron chi connectivity index (χ2n) is 4.15. The van der Waals surface area contributed by atoms with Crippen molar-refractivity contribution in [2.24, 2.45) is 0 Å². The number of rotatable bonds is 3. The zero-order valence-electron chi connectivity index (χ0n) is 11.0. The lowest BCUT2D eigenvalue weighted by atomic mass is 10.1. The summed E-state index contributed by atoms with van der Waals surface area (Å²) in [6.45, 7) is 3.84. The zero-order valence-corrected chi connectivity index (χ0v) is 11.8. The number of thiocarbonyl (C=S) groups is 1. The molecule has 0 aliphatic heterocycles. The molecule has 0 saturated carbocycles. The highest BCUT2D eigenvalue weighted by atomic mass is 32.1. The van der Waals surface area contributed by atoms with E-state index in [1.54, 1.807) is 12.1 Å². The van der Waals surface area contributed by atoms with E-state index in [9.17, 15) is 9.59 Å². The van der Waals surface area contributed by atoms with Crippen molar-refractivity contribution in [1.29, 1.82) is 0 Å². The van der Waals surface area contributed by atoms with E-state index >= 15 is 0 Å². The van der Waals surface area contributed by atoms with Gasteiger partial charge in [-0.1, -0.05) is 0 Å². The summed E-state index contributed by atoms with van der Waals surface area (Å²) in [7, 11) is 1.30. The van der Waals surface area contributed by atoms with Gasteiger partial charge in [0.15, 0.2) is 5.11 Å². The highest BCUT2D eigenvalue weighted by Gasteiger charge is 2.10. The number of carbonyl (C=O) groups is 2. The Morgan fingerprint density at radius 3 is 2.16 bits per heavy atom. The molecule has 0 heterocycles. The van der Waals surface area contributed by atoms with Gasteiger partial charge in [-0.25, -0.2) is 4.79 Å². The van der Waals surface area contributed by atoms with Crippen LogP contribution in [-0.4, -0.2) is 30.1 Å². The minimum atomic E-state index is -0.441. The van der Waals surface area contributed by atoms with Gasteiger partial charge in [-0.05, 0) is 50.3 Å². The number of methoxy groups -OCH3 is 1. The first kappa shape index (κ1) is 15.1. The van der Waals surface area contributed by atoms with Crippen LogP contribution in [0.3, 0.4) is 0 Å². The molecular weight excluding hydrogens is 264 g/mol. The van der Waals surface area contributed by atoms with Crippen LogP contribution in [0.15, 0.2) is 24.3 Å². The molecule has 6 heteroatoms. The molecule has 0 unspecified atom stereocenters. The van der Waals surface area contributed by atoms with E-state index in [0.717, 1.165) is 0 Å². The van der Waals surface area contributed by atoms with Crippen LogP contribution in [0.2, 0.25) is 0 Å². The Bertz CT molecular complexity index is 483. The van der Waals surface area contributed by atoms with Gasteiger partial charge in [0.2, 0.25) is 0 Å². The standard InChI is InChI=1S/C13H16N2O3S/c1-8(2)14-13(19)15-11(16)9-4-6-10(7-5-9)12(17)18-3/h4-8H,1-3H3,(H2,14,15,16,19). The number of amides is 1. The van der Waals surface area contributed by atoms with Crippen LogP contribution in [0.4, 0.5) is 0 Å². The molecule has 1 amide bonds. The number of carbonyl (C=O) groups excluding carboxylic acids is 2. The Kier molecular flexibility index (Phi) is 5.44. The highest BCUT2D eigenvalue weighted by molar-refractivity contribution is 7.80. The van der Waals surface area contributed by atoms with Gasteiger partial charge < -0.3 is 10.1 Å². The fourth-order valence-corrected chi connectivity index (χ4v) is 1.68. The van der Waals surface area contributed by atoms with Gasteiger partial charge in [-0.3, -0.25) is 10.1 Å². The van der Waals surface area contributed by atoms with Crippen molar-refractivity contribution in [3.8, 4) is 0 Å². The van der Waals surface area contributed by atoms with Gasteiger partial charge in [-0.15, -0.1) is 0 Å². The molecule has 1 rings (SSSR count). The lowest BCUT2D eigenvalue weighted by Gasteiger charge is -2.12. The summed E-state index contributed by atoms with van der Waals surface area (Å²) in [6, 6.07) is 6.29. The Hall–Kier alpha value is -1.95. The summed E-state index contributed by atoms with van der Waals surface area (Å²) in [6.07, 6.45) is 0. The molecule has 0 bridgehead atoms. The van der Waals surface area contributed by atoms with E-state index < -0.39 is 5.97 Å². The quantitative estimate of drug-likeness (QED) is 0.648. The molecule has 2 N–H and O–H groups in total. The number of nitrogens with one attached hydrogen (secondary N) is 2. The van der Waals surface area contributed by atoms with E-state index in [4.69, 9.17) is 12.2 Å². The molecule has 0 aromatic heterocycles. The van der Waals surface area contributed by atoms with E-state index in [-0.39, 0.29) is 17.1 Å². The fraction of sp³-hybridized carbons (Fsp3) is 0.308. The van der Waals surface area contributed by atoms with Crippen molar-refractivity contribution in [2.45, 2.75) is 19.9 Å². The molecule has 0 fully saturated rings. The van der Waals surface area contributed by atoms with E-state index in [1.165, 1.54) is 19.2 Å². The van der Waals surface area contributed by atoms with Gasteiger partial charge in [0.05, 0.1) is 12.7 Å². The number of hydrogen-bond donors (Lipinski definition) is 2. The number of esters is 1. The average Bonchev–Trinajstić information content (AvgIpc) is 2.36. The topological polar surface area (TPSA) is 67.4 Å². The maximum Gasteiger partial charge on any atom is 0.337 e. The first-order valence-corrected chi connectivity index (χ1v) is 6.15. The molecule has 102 valence electrons. The van der Waals surface area contributed by atoms with Gasteiger partial charge in [-0.2, -0.15) is 0 Å². The summed E-state index contributed by atoms with van der Waals surface area (Å²) in [4.78, 5) is 23.1. The molecule has 5 nitrogen and oxygen atoms in total. The first-order valence-electron chi connectivity index (χ1n) is 5.74. The Labute approximate surface area is 117 Å². The van der Waals surface area contributed by atoms with Crippen LogP contribution in [0.1, 0.15) is 34.6 Å². The summed E-state index contributed by atoms with van der Waals surface area (Å²) < 4.78 is 4.57. The smallest absolute Gasteiger partial charge is 0.337 e. The molecule has 0 aliphatic rings. The third kappa shape index (κ3) is 4.67. The molecule has 1 aromatic carbocycles. The monoisotopic (exact) mass is 280 g/mol. The maximum atomic E-state index is 11.8. The zero-order chi connectivity index (χ0) is 14.4. The van der Waals surface area contributed by atoms with Crippen molar-refractivity contribution in [3.05, 3.63) is 35.4 Å². The van der Waals surface area contributed by atoms with Gasteiger partial charge in [0.25, 0.3) is 5.91 Å². The molecule has 0 radical (unpaired) electrons. The fourth-order valence-electron chi connectivity index (χ4n) is 1.35. The third-order valence-electron chi connectivity index (χ3n) is 2.22. The van der Waals surface area contributed by atoms with Gasteiger partial charge in [0.1, 0.15) is 0 Å². The largest absolute Gasteiger partial charge is 0.465 e. The predicted molar refractivity (Wildman–Crippen MR) is 76.1 cm³/mol. The minimum Gasteiger partial charge on any atom is -0.465 e. The number of hydrogen-bond acceptors (Lipinski definition) is 4. The number of ether oxygens (including phenoxy) is 1. The van der Waals surface area contributed by atoms with Crippen molar-refractivity contribution in [3.63, 3.8) is 0 Å². The van der Waals surface area contributed by atoms with E-state index in [0.29, 0.717) is 11.1 Å². The molecule has 19 heavy (non-hydrogen) atoms. The van der Waals surface area contributed by atoms with E-state index in [1.807, 2.05) is 13.8 Å². The summed E-state index contributed by atoms with van der Waals surface area (Å²) in [5.74, 6) is -0.765. The van der Waals surface area contributed by atoms with Crippen LogP contribution in [0.5, 0.6) is 0 Å². The van der Waals surface area contributed by atoms with Crippen molar-refractivity contribution < 1.29 is 14.3 Å². The van der Waals surface area contributed by atoms with Crippen molar-refractivity contribution in [2.75, 3.05) is 7.11 Å². The predicted octanol–water partition coefficient (Wildman–Crippen LogP) is 1.49. The normalized spacial score (nSPS) is 9.89. The molecule has 0 atom stereocenters. The van der Waals surface area contributed by atoms with Crippen molar-refractivity contribution in [1.82, 2.24) is 10.6 Å². The first-order chi connectivity index (χ1) is 8.93. The maximum absolute atomic E-state index is 11.8. The van der Waals surface area contributed by atoms with E-state index in [2.05, 4.69) is 15.4 Å². The van der Waals surface area contributed by atoms with Gasteiger partial charge >= 0.3 is 5.97 Å². The molecule has 1 aromatic rings. The Morgan fingerprint density at radius 1 is 1.16 bits per heavy atom. The molecule has 0 spiro atoms. The highest BCUT2D eigenvalue weighted by Crippen LogP contribution is 2.05. The van der Waals surface area contributed by atoms with Crippen LogP contribution < -0.4 is 10.6 Å². The Morgan fingerprint density at radius 2 is 1.68 bits per heavy atom. The number of benzene rings is 1. The summed E-state index contributed by atoms with van der Waals surface area (Å²) >= 11 is 4.98. The van der Waals surface area contributed by atoms with Crippen LogP contribution in [-0.2, 0) is 4.74 Å². The van der Waals surface area contributed by atoms with Gasteiger partial charge in [0, 0.05) is 11.6 Å². The lowest BCUT2D eigenvalue weighted by Crippen LogP contribution is -2.42. The molecule has 0 aliphatic carbocycles.